The third-order valence-corrected chi connectivity index (χ3v) is 7.29. The van der Waals surface area contributed by atoms with E-state index in [0.29, 0.717) is 0 Å². The van der Waals surface area contributed by atoms with Gasteiger partial charge in [0.1, 0.15) is 0 Å². The van der Waals surface area contributed by atoms with Crippen LogP contribution in [0.25, 0.3) is 0 Å². The molecule has 6 heteroatoms. The molecular formula is C26H57NO4S. The molecule has 0 saturated carbocycles. The highest BCUT2D eigenvalue weighted by Gasteiger charge is 2.19. The summed E-state index contributed by atoms with van der Waals surface area (Å²) in [5, 5.41) is 0. The van der Waals surface area contributed by atoms with Gasteiger partial charge in [0.15, 0.2) is 0 Å². The highest BCUT2D eigenvalue weighted by Crippen LogP contribution is 2.15. The second kappa shape index (κ2) is 24.0. The highest BCUT2D eigenvalue weighted by molar-refractivity contribution is 7.80. The van der Waals surface area contributed by atoms with Crippen molar-refractivity contribution in [3.63, 3.8) is 0 Å². The van der Waals surface area contributed by atoms with Gasteiger partial charge in [-0.1, -0.05) is 96.8 Å². The van der Waals surface area contributed by atoms with E-state index in [1.807, 2.05) is 0 Å². The van der Waals surface area contributed by atoms with Crippen molar-refractivity contribution < 1.29 is 21.6 Å². The molecule has 0 radical (unpaired) electrons. The summed E-state index contributed by atoms with van der Waals surface area (Å²) in [5.41, 5.74) is 0. The minimum absolute atomic E-state index is 0.0914. The number of quaternary nitrogens is 1. The fourth-order valence-corrected chi connectivity index (χ4v) is 4.57. The summed E-state index contributed by atoms with van der Waals surface area (Å²) in [4.78, 5) is 0. The molecule has 0 aromatic heterocycles. The summed E-state index contributed by atoms with van der Waals surface area (Å²) in [6, 6.07) is 0. The van der Waals surface area contributed by atoms with Gasteiger partial charge in [-0.25, -0.2) is 8.42 Å². The topological polar surface area (TPSA) is 66.4 Å². The smallest absolute Gasteiger partial charge is 0.217 e. The highest BCUT2D eigenvalue weighted by atomic mass is 32.3. The Labute approximate surface area is 202 Å². The molecule has 0 spiro atoms. The van der Waals surface area contributed by atoms with Gasteiger partial charge in [-0.15, -0.1) is 0 Å². The van der Waals surface area contributed by atoms with E-state index in [1.54, 1.807) is 0 Å². The zero-order valence-electron chi connectivity index (χ0n) is 22.3. The van der Waals surface area contributed by atoms with E-state index in [0.717, 1.165) is 0 Å². The second-order valence-corrected chi connectivity index (χ2v) is 10.2. The average Bonchev–Trinajstić information content (AvgIpc) is 2.76. The summed E-state index contributed by atoms with van der Waals surface area (Å²) in [6.45, 7) is 16.1. The van der Waals surface area contributed by atoms with Gasteiger partial charge in [-0.3, -0.25) is 4.18 Å². The summed E-state index contributed by atoms with van der Waals surface area (Å²) in [6.07, 6.45) is 23.4. The zero-order chi connectivity index (χ0) is 24.6. The number of unbranched alkanes of at least 4 members (excludes halogenated alkanes) is 15. The van der Waals surface area contributed by atoms with Crippen LogP contribution in [0.2, 0.25) is 0 Å². The molecule has 32 heavy (non-hydrogen) atoms. The van der Waals surface area contributed by atoms with Crippen LogP contribution >= 0.6 is 0 Å². The van der Waals surface area contributed by atoms with Crippen molar-refractivity contribution in [2.45, 2.75) is 137 Å². The van der Waals surface area contributed by atoms with E-state index in [2.05, 4.69) is 31.9 Å². The van der Waals surface area contributed by atoms with Crippen molar-refractivity contribution in [3.8, 4) is 0 Å². The van der Waals surface area contributed by atoms with Crippen LogP contribution < -0.4 is 0 Å². The fraction of sp³-hybridized carbons (Fsp3) is 1.00. The van der Waals surface area contributed by atoms with Crippen LogP contribution in [0.3, 0.4) is 0 Å². The average molecular weight is 480 g/mol. The lowest BCUT2D eigenvalue weighted by Gasteiger charge is -2.35. The molecule has 0 aromatic carbocycles. The van der Waals surface area contributed by atoms with Crippen molar-refractivity contribution in [2.24, 2.45) is 0 Å². The molecule has 0 N–H and O–H groups in total. The van der Waals surface area contributed by atoms with Crippen LogP contribution in [0.1, 0.15) is 137 Å². The molecule has 0 unspecified atom stereocenters. The molecule has 0 amide bonds. The van der Waals surface area contributed by atoms with Crippen molar-refractivity contribution in [1.82, 2.24) is 0 Å². The maximum absolute atomic E-state index is 9.45. The predicted molar refractivity (Wildman–Crippen MR) is 138 cm³/mol. The normalized spacial score (nSPS) is 11.9. The molecule has 5 nitrogen and oxygen atoms in total. The van der Waals surface area contributed by atoms with E-state index in [4.69, 9.17) is 0 Å². The first-order valence-corrected chi connectivity index (χ1v) is 15.1. The number of hydrogen-bond acceptors (Lipinski definition) is 4. The third kappa shape index (κ3) is 24.5. The van der Waals surface area contributed by atoms with Crippen LogP contribution in [0.5, 0.6) is 0 Å². The van der Waals surface area contributed by atoms with E-state index >= 15 is 0 Å². The summed E-state index contributed by atoms with van der Waals surface area (Å²) >= 11 is 0. The minimum atomic E-state index is -4.42. The SMILES string of the molecule is CCCCCCCCCCCCCCCCCC[N+](CC)(CC)CC.CCOS(=O)(=O)[O-]. The second-order valence-electron chi connectivity index (χ2n) is 9.13. The Kier molecular flexibility index (Phi) is 25.5. The molecule has 196 valence electrons. The monoisotopic (exact) mass is 479 g/mol. The molecular weight excluding hydrogens is 422 g/mol. The first-order chi connectivity index (χ1) is 15.3. The largest absolute Gasteiger partial charge is 0.726 e. The molecule has 0 aliphatic carbocycles. The van der Waals surface area contributed by atoms with Gasteiger partial charge in [0.05, 0.1) is 32.8 Å². The molecule has 0 aliphatic rings. The van der Waals surface area contributed by atoms with Crippen molar-refractivity contribution in [2.75, 3.05) is 32.8 Å². The number of rotatable bonds is 22. The van der Waals surface area contributed by atoms with Crippen LogP contribution in [-0.2, 0) is 14.6 Å². The Morgan fingerprint density at radius 3 is 1.09 bits per heavy atom. The Hall–Kier alpha value is -0.170. The lowest BCUT2D eigenvalue weighted by atomic mass is 10.0. The van der Waals surface area contributed by atoms with E-state index in [-0.39, 0.29) is 6.61 Å². The van der Waals surface area contributed by atoms with Crippen molar-refractivity contribution in [1.29, 1.82) is 0 Å². The van der Waals surface area contributed by atoms with Gasteiger partial charge in [0.25, 0.3) is 0 Å². The molecule has 0 aromatic rings. The first kappa shape index (κ1) is 34.0. The lowest BCUT2D eigenvalue weighted by Crippen LogP contribution is -2.48. The summed E-state index contributed by atoms with van der Waals surface area (Å²) < 4.78 is 33.3. The van der Waals surface area contributed by atoms with Gasteiger partial charge in [-0.05, 0) is 40.5 Å². The summed E-state index contributed by atoms with van der Waals surface area (Å²) in [5.74, 6) is 0. The maximum Gasteiger partial charge on any atom is 0.217 e. The molecule has 0 saturated heterocycles. The van der Waals surface area contributed by atoms with Gasteiger partial charge < -0.3 is 9.04 Å². The fourth-order valence-electron chi connectivity index (χ4n) is 4.28. The molecule has 0 rings (SSSR count). The Bertz CT molecular complexity index is 456. The molecule has 0 aliphatic heterocycles. The van der Waals surface area contributed by atoms with Crippen LogP contribution in [-0.4, -0.2) is 50.2 Å². The molecule has 0 bridgehead atoms. The standard InChI is InChI=1S/C24H52N.C2H6O4S/c1-5-9-10-11-12-13-14-15-16-17-18-19-20-21-22-23-24-25(6-2,7-3)8-4;1-2-6-7(3,4)5/h5-24H2,1-4H3;2H2,1H3,(H,3,4,5)/q+1;/p-1. The van der Waals surface area contributed by atoms with Gasteiger partial charge in [0.2, 0.25) is 10.4 Å². The quantitative estimate of drug-likeness (QED) is 0.0693. The minimum Gasteiger partial charge on any atom is -0.726 e. The van der Waals surface area contributed by atoms with Crippen LogP contribution in [0.4, 0.5) is 0 Å². The molecule has 0 fully saturated rings. The number of nitrogens with zero attached hydrogens (tertiary/aromatic N) is 1. The van der Waals surface area contributed by atoms with Crippen LogP contribution in [0, 0.1) is 0 Å². The van der Waals surface area contributed by atoms with Gasteiger partial charge in [-0.2, -0.15) is 0 Å². The van der Waals surface area contributed by atoms with Crippen molar-refractivity contribution >= 4 is 10.4 Å². The third-order valence-electron chi connectivity index (χ3n) is 6.76. The van der Waals surface area contributed by atoms with E-state index < -0.39 is 10.4 Å². The Morgan fingerprint density at radius 1 is 0.562 bits per heavy atom. The Balaban J connectivity index is 0. The predicted octanol–water partition coefficient (Wildman–Crippen LogP) is 7.61. The lowest BCUT2D eigenvalue weighted by molar-refractivity contribution is -0.923. The van der Waals surface area contributed by atoms with E-state index in [9.17, 15) is 13.0 Å². The van der Waals surface area contributed by atoms with Gasteiger partial charge in [0, 0.05) is 0 Å². The molecule has 0 heterocycles. The first-order valence-electron chi connectivity index (χ1n) is 13.8. The number of hydrogen-bond donors (Lipinski definition) is 0. The maximum atomic E-state index is 9.45. The van der Waals surface area contributed by atoms with E-state index in [1.165, 1.54) is 140 Å². The summed E-state index contributed by atoms with van der Waals surface area (Å²) in [7, 11) is -4.42. The zero-order valence-corrected chi connectivity index (χ0v) is 23.2. The molecule has 0 atom stereocenters. The van der Waals surface area contributed by atoms with Gasteiger partial charge >= 0.3 is 0 Å². The van der Waals surface area contributed by atoms with Crippen molar-refractivity contribution in [3.05, 3.63) is 0 Å². The Morgan fingerprint density at radius 2 is 0.875 bits per heavy atom. The van der Waals surface area contributed by atoms with Crippen LogP contribution in [0.15, 0.2) is 0 Å².